The van der Waals surface area contributed by atoms with Gasteiger partial charge in [-0.1, -0.05) is 24.6 Å². The first-order chi connectivity index (χ1) is 15.0. The maximum absolute atomic E-state index is 13.1. The van der Waals surface area contributed by atoms with Crippen molar-refractivity contribution in [3.05, 3.63) is 70.5 Å². The first-order valence-electron chi connectivity index (χ1n) is 11.0. The lowest BCUT2D eigenvalue weighted by molar-refractivity contribution is 0.101. The fourth-order valence-corrected chi connectivity index (χ4v) is 4.62. The number of ketones is 1. The molecule has 3 aliphatic heterocycles. The number of piperidine rings is 1. The van der Waals surface area contributed by atoms with Crippen LogP contribution in [0.5, 0.6) is 17.2 Å². The van der Waals surface area contributed by atoms with E-state index in [1.807, 2.05) is 37.3 Å². The van der Waals surface area contributed by atoms with Gasteiger partial charge in [0.2, 0.25) is 5.78 Å². The van der Waals surface area contributed by atoms with Crippen LogP contribution in [0.15, 0.2) is 53.8 Å². The summed E-state index contributed by atoms with van der Waals surface area (Å²) < 4.78 is 12.1. The average molecular weight is 418 g/mol. The molecule has 1 fully saturated rings. The molecular formula is C26H27NO4. The molecule has 1 saturated heterocycles. The minimum absolute atomic E-state index is 0.157. The van der Waals surface area contributed by atoms with Crippen molar-refractivity contribution >= 4 is 11.9 Å². The molecule has 0 aliphatic carbocycles. The number of para-hydroxylation sites is 1. The van der Waals surface area contributed by atoms with Gasteiger partial charge in [-0.05, 0) is 69.2 Å². The molecule has 0 spiro atoms. The molecule has 5 rings (SSSR count). The second kappa shape index (κ2) is 7.89. The number of rotatable bonds is 3. The second-order valence-electron chi connectivity index (χ2n) is 8.64. The SMILES string of the molecule is CC1Oc2ccccc2C=C1C=C1Oc2c(ccc(O)c2CN2CCCCC2C)C1=O. The molecule has 3 heterocycles. The maximum atomic E-state index is 13.1. The summed E-state index contributed by atoms with van der Waals surface area (Å²) in [6.07, 6.45) is 7.14. The van der Waals surface area contributed by atoms with E-state index in [1.54, 1.807) is 18.2 Å². The van der Waals surface area contributed by atoms with Gasteiger partial charge >= 0.3 is 0 Å². The van der Waals surface area contributed by atoms with Crippen molar-refractivity contribution in [2.24, 2.45) is 0 Å². The van der Waals surface area contributed by atoms with E-state index in [0.29, 0.717) is 29.5 Å². The monoisotopic (exact) mass is 417 g/mol. The number of carbonyl (C=O) groups excluding carboxylic acids is 1. The van der Waals surface area contributed by atoms with Gasteiger partial charge < -0.3 is 14.6 Å². The Hall–Kier alpha value is -3.05. The van der Waals surface area contributed by atoms with Crippen molar-refractivity contribution < 1.29 is 19.4 Å². The third-order valence-electron chi connectivity index (χ3n) is 6.53. The van der Waals surface area contributed by atoms with E-state index >= 15 is 0 Å². The summed E-state index contributed by atoms with van der Waals surface area (Å²) in [5.74, 6) is 1.61. The summed E-state index contributed by atoms with van der Waals surface area (Å²) in [6.45, 7) is 5.74. The van der Waals surface area contributed by atoms with Crippen molar-refractivity contribution in [1.82, 2.24) is 4.90 Å². The summed E-state index contributed by atoms with van der Waals surface area (Å²) in [5, 5.41) is 10.6. The lowest BCUT2D eigenvalue weighted by Crippen LogP contribution is -2.36. The van der Waals surface area contributed by atoms with Gasteiger partial charge in [0, 0.05) is 18.2 Å². The van der Waals surface area contributed by atoms with Gasteiger partial charge in [0.25, 0.3) is 0 Å². The number of allylic oxidation sites excluding steroid dienone is 1. The van der Waals surface area contributed by atoms with Gasteiger partial charge in [0.1, 0.15) is 23.4 Å². The third kappa shape index (κ3) is 3.63. The highest BCUT2D eigenvalue weighted by molar-refractivity contribution is 6.13. The van der Waals surface area contributed by atoms with E-state index in [2.05, 4.69) is 11.8 Å². The molecule has 0 bridgehead atoms. The van der Waals surface area contributed by atoms with E-state index in [9.17, 15) is 9.90 Å². The number of phenolic OH excluding ortho intramolecular Hbond substituents is 1. The molecule has 3 aliphatic rings. The van der Waals surface area contributed by atoms with Gasteiger partial charge in [-0.3, -0.25) is 9.69 Å². The normalized spacial score (nSPS) is 24.3. The number of nitrogens with zero attached hydrogens (tertiary/aromatic N) is 1. The third-order valence-corrected chi connectivity index (χ3v) is 6.53. The van der Waals surface area contributed by atoms with Gasteiger partial charge in [0.15, 0.2) is 5.76 Å². The summed E-state index contributed by atoms with van der Waals surface area (Å²) in [5.41, 5.74) is 3.06. The van der Waals surface area contributed by atoms with Crippen molar-refractivity contribution in [3.63, 3.8) is 0 Å². The molecule has 5 nitrogen and oxygen atoms in total. The predicted octanol–water partition coefficient (Wildman–Crippen LogP) is 5.09. The molecule has 0 amide bonds. The summed E-state index contributed by atoms with van der Waals surface area (Å²) in [7, 11) is 0. The van der Waals surface area contributed by atoms with Crippen LogP contribution in [-0.4, -0.2) is 34.5 Å². The molecular weight excluding hydrogens is 390 g/mol. The quantitative estimate of drug-likeness (QED) is 0.705. The number of hydrogen-bond donors (Lipinski definition) is 1. The van der Waals surface area contributed by atoms with Crippen LogP contribution in [-0.2, 0) is 6.54 Å². The Kier molecular flexibility index (Phi) is 5.06. The van der Waals surface area contributed by atoms with Crippen LogP contribution in [0.4, 0.5) is 0 Å². The fourth-order valence-electron chi connectivity index (χ4n) is 4.62. The summed E-state index contributed by atoms with van der Waals surface area (Å²) in [4.78, 5) is 15.4. The lowest BCUT2D eigenvalue weighted by atomic mass is 9.99. The molecule has 160 valence electrons. The zero-order valence-electron chi connectivity index (χ0n) is 17.9. The smallest absolute Gasteiger partial charge is 0.231 e. The molecule has 5 heteroatoms. The van der Waals surface area contributed by atoms with Crippen molar-refractivity contribution in [3.8, 4) is 17.2 Å². The van der Waals surface area contributed by atoms with Crippen LogP contribution in [0.1, 0.15) is 54.6 Å². The van der Waals surface area contributed by atoms with E-state index in [1.165, 1.54) is 6.42 Å². The first-order valence-corrected chi connectivity index (χ1v) is 11.0. The number of Topliss-reactive ketones (excluding diaryl/α,β-unsaturated/α-hetero) is 1. The highest BCUT2D eigenvalue weighted by atomic mass is 16.5. The maximum Gasteiger partial charge on any atom is 0.231 e. The standard InChI is InChI=1S/C26H27NO4/c1-16-7-5-6-12-27(16)15-21-22(28)11-10-20-25(29)24(31-26(20)21)14-19-13-18-8-3-4-9-23(18)30-17(19)2/h3-4,8-11,13-14,16-17,28H,5-7,12,15H2,1-2H3. The van der Waals surface area contributed by atoms with E-state index in [-0.39, 0.29) is 23.4 Å². The van der Waals surface area contributed by atoms with Crippen molar-refractivity contribution in [2.45, 2.75) is 51.8 Å². The Morgan fingerprint density at radius 3 is 2.84 bits per heavy atom. The Morgan fingerprint density at radius 2 is 2.00 bits per heavy atom. The van der Waals surface area contributed by atoms with Crippen LogP contribution in [0, 0.1) is 0 Å². The van der Waals surface area contributed by atoms with Gasteiger partial charge in [-0.15, -0.1) is 0 Å². The number of benzene rings is 2. The number of likely N-dealkylation sites (tertiary alicyclic amines) is 1. The van der Waals surface area contributed by atoms with Crippen LogP contribution < -0.4 is 9.47 Å². The molecule has 0 saturated carbocycles. The molecule has 2 unspecified atom stereocenters. The Labute approximate surface area is 182 Å². The second-order valence-corrected chi connectivity index (χ2v) is 8.64. The lowest BCUT2D eigenvalue weighted by Gasteiger charge is -2.33. The Balaban J connectivity index is 1.47. The number of phenols is 1. The number of aromatic hydroxyl groups is 1. The van der Waals surface area contributed by atoms with Crippen LogP contribution in [0.25, 0.3) is 6.08 Å². The Morgan fingerprint density at radius 1 is 1.16 bits per heavy atom. The number of carbonyl (C=O) groups is 1. The van der Waals surface area contributed by atoms with E-state index < -0.39 is 0 Å². The summed E-state index contributed by atoms with van der Waals surface area (Å²) >= 11 is 0. The number of hydrogen-bond acceptors (Lipinski definition) is 5. The minimum atomic E-state index is -0.190. The highest BCUT2D eigenvalue weighted by Gasteiger charge is 2.33. The molecule has 2 aromatic carbocycles. The number of fused-ring (bicyclic) bond motifs is 2. The zero-order chi connectivity index (χ0) is 21.5. The van der Waals surface area contributed by atoms with Gasteiger partial charge in [0.05, 0.1) is 11.1 Å². The molecule has 0 radical (unpaired) electrons. The van der Waals surface area contributed by atoms with Crippen molar-refractivity contribution in [1.29, 1.82) is 0 Å². The summed E-state index contributed by atoms with van der Waals surface area (Å²) in [6, 6.07) is 11.5. The topological polar surface area (TPSA) is 59.0 Å². The van der Waals surface area contributed by atoms with Crippen LogP contribution in [0.2, 0.25) is 0 Å². The van der Waals surface area contributed by atoms with Gasteiger partial charge in [-0.25, -0.2) is 0 Å². The molecule has 2 atom stereocenters. The average Bonchev–Trinajstić information content (AvgIpc) is 3.07. The Bertz CT molecular complexity index is 1100. The minimum Gasteiger partial charge on any atom is -0.507 e. The number of ether oxygens (including phenoxy) is 2. The van der Waals surface area contributed by atoms with E-state index in [4.69, 9.17) is 9.47 Å². The highest BCUT2D eigenvalue weighted by Crippen LogP contribution is 2.41. The fraction of sp³-hybridized carbons (Fsp3) is 0.346. The largest absolute Gasteiger partial charge is 0.507 e. The van der Waals surface area contributed by atoms with E-state index in [0.717, 1.165) is 36.3 Å². The molecule has 2 aromatic rings. The van der Waals surface area contributed by atoms with Crippen molar-refractivity contribution in [2.75, 3.05) is 6.54 Å². The van der Waals surface area contributed by atoms with Crippen LogP contribution in [0.3, 0.4) is 0 Å². The van der Waals surface area contributed by atoms with Gasteiger partial charge in [-0.2, -0.15) is 0 Å². The molecule has 1 N–H and O–H groups in total. The molecule has 0 aromatic heterocycles. The first kappa shape index (κ1) is 19.9. The predicted molar refractivity (Wildman–Crippen MR) is 119 cm³/mol. The zero-order valence-corrected chi connectivity index (χ0v) is 17.9. The van der Waals surface area contributed by atoms with Crippen LogP contribution >= 0.6 is 0 Å². The molecule has 31 heavy (non-hydrogen) atoms.